The Morgan fingerprint density at radius 1 is 1.21 bits per heavy atom. The molecule has 2 fully saturated rings. The Labute approximate surface area is 163 Å². The van der Waals surface area contributed by atoms with Crippen LogP contribution in [0.25, 0.3) is 11.3 Å². The van der Waals surface area contributed by atoms with Crippen molar-refractivity contribution in [2.45, 2.75) is 23.1 Å². The van der Waals surface area contributed by atoms with E-state index in [2.05, 4.69) is 5.32 Å². The third-order valence-electron chi connectivity index (χ3n) is 5.70. The van der Waals surface area contributed by atoms with E-state index >= 15 is 0 Å². The predicted octanol–water partition coefficient (Wildman–Crippen LogP) is 0.844. The number of morpholine rings is 1. The highest BCUT2D eigenvalue weighted by atomic mass is 32.2. The summed E-state index contributed by atoms with van der Waals surface area (Å²) in [6, 6.07) is 7.13. The van der Waals surface area contributed by atoms with Crippen LogP contribution in [0.5, 0.6) is 0 Å². The third-order valence-corrected chi connectivity index (χ3v) is 7.40. The molecule has 9 heteroatoms. The molecule has 0 radical (unpaired) electrons. The van der Waals surface area contributed by atoms with Crippen LogP contribution in [-0.2, 0) is 20.3 Å². The normalized spacial score (nSPS) is 23.3. The van der Waals surface area contributed by atoms with Crippen molar-refractivity contribution in [3.63, 3.8) is 0 Å². The molecule has 148 valence electrons. The van der Waals surface area contributed by atoms with E-state index in [1.165, 1.54) is 0 Å². The molecule has 5 rings (SSSR count). The lowest BCUT2D eigenvalue weighted by atomic mass is 10.0. The van der Waals surface area contributed by atoms with Gasteiger partial charge in [0, 0.05) is 30.8 Å². The van der Waals surface area contributed by atoms with Crippen LogP contribution in [0, 0.1) is 0 Å². The van der Waals surface area contributed by atoms with E-state index < -0.39 is 9.84 Å². The van der Waals surface area contributed by atoms with Crippen molar-refractivity contribution in [1.82, 2.24) is 20.0 Å². The number of rotatable bonds is 2. The summed E-state index contributed by atoms with van der Waals surface area (Å²) in [7, 11) is -3.52. The van der Waals surface area contributed by atoms with Crippen LogP contribution in [0.15, 0.2) is 29.2 Å². The molecule has 3 aliphatic rings. The van der Waals surface area contributed by atoms with Crippen LogP contribution >= 0.6 is 0 Å². The highest BCUT2D eigenvalue weighted by Crippen LogP contribution is 2.41. The second-order valence-electron chi connectivity index (χ2n) is 7.43. The molecule has 28 heavy (non-hydrogen) atoms. The van der Waals surface area contributed by atoms with Crippen molar-refractivity contribution in [1.29, 1.82) is 0 Å². The monoisotopic (exact) mass is 402 g/mol. The van der Waals surface area contributed by atoms with E-state index in [4.69, 9.17) is 9.84 Å². The largest absolute Gasteiger partial charge is 0.378 e. The summed E-state index contributed by atoms with van der Waals surface area (Å²) in [5.41, 5.74) is 2.21. The topological polar surface area (TPSA) is 93.5 Å². The zero-order valence-electron chi connectivity index (χ0n) is 15.4. The van der Waals surface area contributed by atoms with Crippen molar-refractivity contribution >= 4 is 15.7 Å². The Morgan fingerprint density at radius 2 is 2.00 bits per heavy atom. The molecule has 2 saturated heterocycles. The van der Waals surface area contributed by atoms with E-state index in [-0.39, 0.29) is 23.4 Å². The zero-order valence-corrected chi connectivity index (χ0v) is 16.2. The van der Waals surface area contributed by atoms with Crippen LogP contribution in [-0.4, -0.2) is 68.4 Å². The van der Waals surface area contributed by atoms with Crippen LogP contribution in [0.4, 0.5) is 0 Å². The summed E-state index contributed by atoms with van der Waals surface area (Å²) in [5.74, 6) is -0.399. The van der Waals surface area contributed by atoms with Crippen LogP contribution in [0.3, 0.4) is 0 Å². The van der Waals surface area contributed by atoms with Gasteiger partial charge in [-0.05, 0) is 19.0 Å². The predicted molar refractivity (Wildman–Crippen MR) is 102 cm³/mol. The standard InChI is InChI=1S/C19H22N4O4S/c24-19(22-7-9-27-10-8-22)17-15-12-28(25,26)16-4-2-1-3-14(16)18(15)23(21-17)13-5-6-20-11-13/h1-4,13,20H,5-12H2/t13-/m1/s1. The van der Waals surface area contributed by atoms with Crippen molar-refractivity contribution in [2.24, 2.45) is 0 Å². The second-order valence-corrected chi connectivity index (χ2v) is 9.38. The molecule has 1 amide bonds. The summed E-state index contributed by atoms with van der Waals surface area (Å²) >= 11 is 0. The SMILES string of the molecule is O=C(c1nn([C@@H]2CCNC2)c2c1CS(=O)(=O)c1ccccc1-2)N1CCOCC1. The lowest BCUT2D eigenvalue weighted by Crippen LogP contribution is -2.41. The summed E-state index contributed by atoms with van der Waals surface area (Å²) in [5, 5.41) is 8.02. The van der Waals surface area contributed by atoms with Crippen LogP contribution in [0.1, 0.15) is 28.5 Å². The number of fused-ring (bicyclic) bond motifs is 3. The Kier molecular flexibility index (Phi) is 4.26. The fourth-order valence-electron chi connectivity index (χ4n) is 4.29. The van der Waals surface area contributed by atoms with Gasteiger partial charge in [0.05, 0.1) is 35.6 Å². The number of nitrogens with one attached hydrogen (secondary N) is 1. The number of ether oxygens (including phenoxy) is 1. The van der Waals surface area contributed by atoms with E-state index in [0.29, 0.717) is 42.3 Å². The molecule has 8 nitrogen and oxygen atoms in total. The first-order valence-corrected chi connectivity index (χ1v) is 11.2. The maximum absolute atomic E-state index is 13.2. The number of hydrogen-bond acceptors (Lipinski definition) is 6. The van der Waals surface area contributed by atoms with Gasteiger partial charge in [-0.1, -0.05) is 18.2 Å². The summed E-state index contributed by atoms with van der Waals surface area (Å²) < 4.78 is 33.1. The van der Waals surface area contributed by atoms with Crippen molar-refractivity contribution < 1.29 is 17.9 Å². The van der Waals surface area contributed by atoms with Crippen LogP contribution in [0.2, 0.25) is 0 Å². The fraction of sp³-hybridized carbons (Fsp3) is 0.474. The van der Waals surface area contributed by atoms with Gasteiger partial charge < -0.3 is 15.0 Å². The van der Waals surface area contributed by atoms with Gasteiger partial charge in [0.1, 0.15) is 0 Å². The molecule has 0 unspecified atom stereocenters. The minimum Gasteiger partial charge on any atom is -0.378 e. The van der Waals surface area contributed by atoms with Crippen molar-refractivity contribution in [3.8, 4) is 11.3 Å². The van der Waals surface area contributed by atoms with Gasteiger partial charge in [0.25, 0.3) is 5.91 Å². The fourth-order valence-corrected chi connectivity index (χ4v) is 5.89. The van der Waals surface area contributed by atoms with Gasteiger partial charge in [0.2, 0.25) is 0 Å². The van der Waals surface area contributed by atoms with E-state index in [0.717, 1.165) is 25.2 Å². The molecule has 0 aliphatic carbocycles. The Balaban J connectivity index is 1.70. The number of amides is 1. The first-order chi connectivity index (χ1) is 13.6. The summed E-state index contributed by atoms with van der Waals surface area (Å²) in [6.45, 7) is 3.61. The van der Waals surface area contributed by atoms with Gasteiger partial charge in [-0.25, -0.2) is 8.42 Å². The van der Waals surface area contributed by atoms with Gasteiger partial charge >= 0.3 is 0 Å². The molecule has 0 spiro atoms. The molecule has 1 atom stereocenters. The Morgan fingerprint density at radius 3 is 2.75 bits per heavy atom. The molecular weight excluding hydrogens is 380 g/mol. The first kappa shape index (κ1) is 17.8. The summed E-state index contributed by atoms with van der Waals surface area (Å²) in [6.07, 6.45) is 0.897. The average molecular weight is 402 g/mol. The quantitative estimate of drug-likeness (QED) is 0.800. The van der Waals surface area contributed by atoms with E-state index in [1.54, 1.807) is 17.0 Å². The molecule has 0 bridgehead atoms. The number of benzene rings is 1. The lowest BCUT2D eigenvalue weighted by Gasteiger charge is -2.26. The van der Waals surface area contributed by atoms with Crippen molar-refractivity contribution in [2.75, 3.05) is 39.4 Å². The molecule has 1 aromatic heterocycles. The number of nitrogens with zero attached hydrogens (tertiary/aromatic N) is 3. The number of carbonyl (C=O) groups excluding carboxylic acids is 1. The van der Waals surface area contributed by atoms with E-state index in [1.807, 2.05) is 16.8 Å². The Bertz CT molecular complexity index is 1030. The Hall–Kier alpha value is -2.23. The third kappa shape index (κ3) is 2.76. The smallest absolute Gasteiger partial charge is 0.274 e. The molecule has 0 saturated carbocycles. The van der Waals surface area contributed by atoms with E-state index in [9.17, 15) is 13.2 Å². The van der Waals surface area contributed by atoms with Crippen molar-refractivity contribution in [3.05, 3.63) is 35.5 Å². The molecule has 1 aromatic carbocycles. The minimum absolute atomic E-state index is 0.105. The summed E-state index contributed by atoms with van der Waals surface area (Å²) in [4.78, 5) is 15.2. The highest BCUT2D eigenvalue weighted by Gasteiger charge is 2.38. The number of hydrogen-bond donors (Lipinski definition) is 1. The highest BCUT2D eigenvalue weighted by molar-refractivity contribution is 7.90. The maximum atomic E-state index is 13.2. The molecule has 4 heterocycles. The van der Waals surface area contributed by atoms with Gasteiger partial charge in [0.15, 0.2) is 15.5 Å². The molecule has 3 aliphatic heterocycles. The van der Waals surface area contributed by atoms with Gasteiger partial charge in [-0.15, -0.1) is 0 Å². The van der Waals surface area contributed by atoms with Gasteiger partial charge in [-0.2, -0.15) is 5.10 Å². The number of sulfone groups is 1. The second kappa shape index (κ2) is 6.68. The molecule has 1 N–H and O–H groups in total. The van der Waals surface area contributed by atoms with Crippen LogP contribution < -0.4 is 5.32 Å². The zero-order chi connectivity index (χ0) is 19.3. The minimum atomic E-state index is -3.52. The number of carbonyl (C=O) groups is 1. The first-order valence-electron chi connectivity index (χ1n) is 9.57. The average Bonchev–Trinajstić information content (AvgIpc) is 3.36. The molecule has 2 aromatic rings. The number of aromatic nitrogens is 2. The lowest BCUT2D eigenvalue weighted by molar-refractivity contribution is 0.0297. The van der Waals surface area contributed by atoms with Gasteiger partial charge in [-0.3, -0.25) is 9.48 Å². The molecular formula is C19H22N4O4S. The maximum Gasteiger partial charge on any atom is 0.274 e.